The van der Waals surface area contributed by atoms with Crippen LogP contribution in [0.25, 0.3) is 32.7 Å². The molecule has 8 rings (SSSR count). The van der Waals surface area contributed by atoms with Crippen LogP contribution in [-0.2, 0) is 75.8 Å². The zero-order valence-electron chi connectivity index (χ0n) is 50.3. The van der Waals surface area contributed by atoms with Crippen LogP contribution in [0.15, 0.2) is 158 Å². The number of anilines is 1. The zero-order chi connectivity index (χ0) is 66.3. The van der Waals surface area contributed by atoms with Crippen LogP contribution in [0.4, 0.5) is 11.4 Å². The number of benzene rings is 6. The number of hydrogen-bond acceptors (Lipinski definition) is 16. The minimum absolute atomic E-state index is 0.00695. The van der Waals surface area contributed by atoms with Gasteiger partial charge in [-0.15, -0.1) is 0 Å². The van der Waals surface area contributed by atoms with E-state index in [-0.39, 0.29) is 45.8 Å². The first kappa shape index (κ1) is 68.6. The smallest absolute Gasteiger partial charge is 0.295 e. The molecule has 0 radical (unpaired) electrons. The van der Waals surface area contributed by atoms with Gasteiger partial charge in [-0.3, -0.25) is 37.8 Å². The molecule has 2 heterocycles. The van der Waals surface area contributed by atoms with Crippen molar-refractivity contribution in [1.29, 1.82) is 0 Å². The summed E-state index contributed by atoms with van der Waals surface area (Å²) in [6, 6.07) is 21.3. The number of hydrogen-bond donors (Lipinski definition) is 7. The third kappa shape index (κ3) is 14.1. The Labute approximate surface area is 523 Å². The monoisotopic (exact) mass is 1340 g/mol. The molecular weight excluding hydrogens is 1270 g/mol. The lowest BCUT2D eigenvalue weighted by Gasteiger charge is -2.30. The normalized spacial score (nSPS) is 16.1. The van der Waals surface area contributed by atoms with E-state index < -0.39 is 105 Å². The molecule has 2 aliphatic rings. The fraction of sp³-hybridized carbons (Fsp3) is 0.328. The molecule has 6 aromatic rings. The summed E-state index contributed by atoms with van der Waals surface area (Å²) in [7, 11) is -23.0. The zero-order valence-corrected chi connectivity index (χ0v) is 54.4. The highest BCUT2D eigenvalue weighted by molar-refractivity contribution is 7.89. The summed E-state index contributed by atoms with van der Waals surface area (Å²) in [6.45, 7) is 12.9. The van der Waals surface area contributed by atoms with Crippen molar-refractivity contribution in [1.82, 2.24) is 15.3 Å². The Morgan fingerprint density at radius 3 is 1.73 bits per heavy atom. The fourth-order valence-corrected chi connectivity index (χ4v) is 15.9. The van der Waals surface area contributed by atoms with E-state index in [0.29, 0.717) is 94.2 Å². The van der Waals surface area contributed by atoms with Crippen LogP contribution in [-0.4, -0.2) is 131 Å². The van der Waals surface area contributed by atoms with E-state index in [1.165, 1.54) is 42.9 Å². The van der Waals surface area contributed by atoms with E-state index >= 15 is 0 Å². The number of methoxy groups -OCH3 is 1. The predicted molar refractivity (Wildman–Crippen MR) is 336 cm³/mol. The first-order chi connectivity index (χ1) is 42.0. The van der Waals surface area contributed by atoms with Gasteiger partial charge in [-0.1, -0.05) is 66.9 Å². The van der Waals surface area contributed by atoms with E-state index in [9.17, 15) is 75.1 Å². The summed E-state index contributed by atoms with van der Waals surface area (Å²) < 4.78 is 177. The lowest BCUT2D eigenvalue weighted by molar-refractivity contribution is -0.438. The minimum atomic E-state index is -5.05. The number of nitrogens with one attached hydrogen (secondary N) is 2. The molecule has 0 fully saturated rings. The van der Waals surface area contributed by atoms with Crippen molar-refractivity contribution in [2.24, 2.45) is 0 Å². The Kier molecular flexibility index (Phi) is 19.9. The molecule has 482 valence electrons. The van der Waals surface area contributed by atoms with Gasteiger partial charge in [-0.25, -0.2) is 13.9 Å². The van der Waals surface area contributed by atoms with Gasteiger partial charge in [0, 0.05) is 71.2 Å². The minimum Gasteiger partial charge on any atom is -0.497 e. The van der Waals surface area contributed by atoms with Crippen molar-refractivity contribution >= 4 is 101 Å². The number of carbonyl (C=O) groups is 2. The second kappa shape index (κ2) is 26.2. The van der Waals surface area contributed by atoms with Gasteiger partial charge >= 0.3 is 0 Å². The number of unbranched alkanes of at least 4 members (excludes halogenated alkanes) is 2. The number of amides is 2. The first-order valence-corrected chi connectivity index (χ1v) is 35.4. The van der Waals surface area contributed by atoms with Crippen LogP contribution in [0.2, 0.25) is 0 Å². The van der Waals surface area contributed by atoms with Gasteiger partial charge in [-0.2, -0.15) is 38.2 Å². The molecule has 2 aliphatic heterocycles. The Morgan fingerprint density at radius 1 is 0.656 bits per heavy atom. The number of nitrogens with zero attached hydrogens (tertiary/aromatic N) is 3. The van der Waals surface area contributed by atoms with Crippen LogP contribution in [0, 0.1) is 0 Å². The number of hydroxylamine groups is 2. The molecule has 90 heavy (non-hydrogen) atoms. The van der Waals surface area contributed by atoms with Crippen LogP contribution in [0.3, 0.4) is 0 Å². The summed E-state index contributed by atoms with van der Waals surface area (Å²) >= 11 is 0. The first-order valence-electron chi connectivity index (χ1n) is 28.2. The van der Waals surface area contributed by atoms with Crippen molar-refractivity contribution in [2.45, 2.75) is 128 Å². The van der Waals surface area contributed by atoms with Crippen LogP contribution >= 0.6 is 0 Å². The third-order valence-corrected chi connectivity index (χ3v) is 20.9. The molecule has 2 amide bonds. The van der Waals surface area contributed by atoms with Crippen molar-refractivity contribution in [3.63, 3.8) is 0 Å². The lowest BCUT2D eigenvalue weighted by atomic mass is 9.79. The van der Waals surface area contributed by atoms with Crippen molar-refractivity contribution in [3.05, 3.63) is 144 Å². The summed E-state index contributed by atoms with van der Waals surface area (Å²) in [4.78, 5) is 31.0. The molecule has 0 saturated heterocycles. The maximum absolute atomic E-state index is 14.1. The number of carbonyl (C=O) groups excluding carboxylic acids is 2. The lowest BCUT2D eigenvalue weighted by Crippen LogP contribution is -2.51. The quantitative estimate of drug-likeness (QED) is 0.00702. The molecule has 24 nitrogen and oxygen atoms in total. The molecule has 0 aromatic heterocycles. The second-order valence-corrected chi connectivity index (χ2v) is 30.2. The van der Waals surface area contributed by atoms with E-state index in [1.807, 2.05) is 50.2 Å². The van der Waals surface area contributed by atoms with Crippen LogP contribution in [0.5, 0.6) is 5.75 Å². The van der Waals surface area contributed by atoms with Crippen molar-refractivity contribution in [2.75, 3.05) is 31.6 Å². The number of allylic oxidation sites excluding steroid dienone is 6. The average Bonchev–Trinajstić information content (AvgIpc) is 1.59. The predicted octanol–water partition coefficient (Wildman–Crippen LogP) is 8.82. The van der Waals surface area contributed by atoms with Gasteiger partial charge in [0.2, 0.25) is 11.6 Å². The molecule has 1 atom stereocenters. The number of sulfonamides is 1. The second-order valence-electron chi connectivity index (χ2n) is 22.8. The molecule has 29 heteroatoms. The number of rotatable bonds is 25. The maximum atomic E-state index is 14.1. The SMILES string of the molecule is CCN1\C(=C/C=C/C=C/C2=[N+](CCCCCC(=O)NCC[C@H](C(=O)NO)N(OC(C)C)S(=O)(=O)c3ccc(-c4ccc(OC)cc4)cc3)c3ccc4c(S(=O)(=O)O)cc(S(=O)(=O)O)cc4c3C2(C)C)C(C)(C)c2c1ccc1c(S(=O)(=O)O)cc(S(=O)(=O)O)cc21. The largest absolute Gasteiger partial charge is 0.497 e. The van der Waals surface area contributed by atoms with E-state index in [4.69, 9.17) is 9.57 Å². The molecular formula is C61H70N5O19S5+. The van der Waals surface area contributed by atoms with Gasteiger partial charge in [0.25, 0.3) is 56.4 Å². The van der Waals surface area contributed by atoms with Gasteiger partial charge in [0.15, 0.2) is 5.71 Å². The van der Waals surface area contributed by atoms with E-state index in [0.717, 1.165) is 11.6 Å². The van der Waals surface area contributed by atoms with Gasteiger partial charge in [-0.05, 0) is 148 Å². The Balaban J connectivity index is 1.03. The Bertz CT molecular complexity index is 4560. The highest BCUT2D eigenvalue weighted by atomic mass is 32.2. The molecule has 0 saturated carbocycles. The number of likely N-dealkylation sites (N-methyl/N-ethyl adjacent to an activating group) is 1. The Morgan fingerprint density at radius 2 is 1.21 bits per heavy atom. The molecule has 6 aromatic carbocycles. The van der Waals surface area contributed by atoms with Gasteiger partial charge < -0.3 is 15.0 Å². The van der Waals surface area contributed by atoms with Crippen molar-refractivity contribution < 1.29 is 89.2 Å². The van der Waals surface area contributed by atoms with E-state index in [1.54, 1.807) is 86.7 Å². The standard InChI is InChI=1S/C61H69N5O19S5/c1-9-64-49-29-27-45-47(34-43(87(72,73)74)36-52(45)89(78,79)80)57(49)60(4,5)54(64)16-12-10-13-17-55-61(6,7)58-48-35-44(88(75,76)77)37-53(90(81,82)83)46(48)28-30-50(58)65(55)33-15-11-14-18-56(67)62-32-31-51(59(68)63-69)66(85-38(2)3)86(70,71)42-25-21-40(22-26-42)39-19-23-41(84-8)24-20-39/h10,12-13,16-17,19-30,34-38,51H,9,11,14-15,18,31-33H2,1-8H3,(H6-,62,63,67,68,69,72,73,74,75,76,77,78,79,80,81,82,83)/p+1/t51-/m1/s1. The number of fused-ring (bicyclic) bond motifs is 6. The fourth-order valence-electron chi connectivity index (χ4n) is 11.7. The summed E-state index contributed by atoms with van der Waals surface area (Å²) in [5.74, 6) is -0.898. The summed E-state index contributed by atoms with van der Waals surface area (Å²) in [5.41, 5.74) is 4.55. The van der Waals surface area contributed by atoms with E-state index in [2.05, 4.69) is 5.32 Å². The van der Waals surface area contributed by atoms with Crippen molar-refractivity contribution in [3.8, 4) is 16.9 Å². The third-order valence-electron chi connectivity index (χ3n) is 15.8. The van der Waals surface area contributed by atoms with Gasteiger partial charge in [0.1, 0.15) is 28.1 Å². The molecule has 0 spiro atoms. The topological polar surface area (TPSA) is 358 Å². The Hall–Kier alpha value is -7.26. The highest BCUT2D eigenvalue weighted by Gasteiger charge is 2.47. The molecule has 0 aliphatic carbocycles. The molecule has 0 bridgehead atoms. The maximum Gasteiger partial charge on any atom is 0.295 e. The van der Waals surface area contributed by atoms with Gasteiger partial charge in [0.05, 0.1) is 33.3 Å². The molecule has 7 N–H and O–H groups in total. The van der Waals surface area contributed by atoms with Crippen LogP contribution < -0.4 is 20.4 Å². The highest BCUT2D eigenvalue weighted by Crippen LogP contribution is 2.52. The average molecular weight is 1340 g/mol. The van der Waals surface area contributed by atoms with Crippen LogP contribution in [0.1, 0.15) is 91.7 Å². The summed E-state index contributed by atoms with van der Waals surface area (Å²) in [6.07, 6.45) is 9.07. The summed E-state index contributed by atoms with van der Waals surface area (Å²) in [5, 5.41) is 12.8. The number of ether oxygens (including phenoxy) is 1. The molecule has 0 unspecified atom stereocenters.